The van der Waals surface area contributed by atoms with Crippen molar-refractivity contribution in [3.05, 3.63) is 18.2 Å². The number of nitrogens with two attached hydrogens (primary N) is 1. The SMILES string of the molecule is CC(C)CN1CCCC(N)C1c1cncn1C(C)C. The van der Waals surface area contributed by atoms with E-state index in [1.165, 1.54) is 12.1 Å². The molecule has 2 heterocycles. The van der Waals surface area contributed by atoms with Crippen LogP contribution in [0.4, 0.5) is 0 Å². The molecule has 19 heavy (non-hydrogen) atoms. The third-order valence-corrected chi connectivity index (χ3v) is 3.94. The molecule has 0 saturated carbocycles. The van der Waals surface area contributed by atoms with Gasteiger partial charge in [-0.15, -0.1) is 0 Å². The molecule has 0 bridgehead atoms. The van der Waals surface area contributed by atoms with Crippen molar-refractivity contribution >= 4 is 0 Å². The lowest BCUT2D eigenvalue weighted by Crippen LogP contribution is -2.47. The lowest BCUT2D eigenvalue weighted by molar-refractivity contribution is 0.107. The molecule has 2 N–H and O–H groups in total. The zero-order valence-electron chi connectivity index (χ0n) is 12.7. The van der Waals surface area contributed by atoms with Crippen molar-refractivity contribution in [1.29, 1.82) is 0 Å². The van der Waals surface area contributed by atoms with Crippen molar-refractivity contribution in [3.63, 3.8) is 0 Å². The van der Waals surface area contributed by atoms with E-state index in [0.717, 1.165) is 19.5 Å². The number of imidazole rings is 1. The summed E-state index contributed by atoms with van der Waals surface area (Å²) >= 11 is 0. The molecule has 4 nitrogen and oxygen atoms in total. The normalized spacial score (nSPS) is 25.4. The molecular formula is C15H28N4. The maximum Gasteiger partial charge on any atom is 0.0951 e. The molecule has 108 valence electrons. The van der Waals surface area contributed by atoms with Gasteiger partial charge >= 0.3 is 0 Å². The van der Waals surface area contributed by atoms with Gasteiger partial charge in [-0.3, -0.25) is 4.90 Å². The maximum atomic E-state index is 6.42. The Balaban J connectivity index is 2.28. The van der Waals surface area contributed by atoms with Crippen LogP contribution in [0.2, 0.25) is 0 Å². The number of aromatic nitrogens is 2. The zero-order valence-corrected chi connectivity index (χ0v) is 12.7. The van der Waals surface area contributed by atoms with Crippen molar-refractivity contribution in [3.8, 4) is 0 Å². The lowest BCUT2D eigenvalue weighted by Gasteiger charge is -2.41. The van der Waals surface area contributed by atoms with E-state index in [1.54, 1.807) is 0 Å². The minimum Gasteiger partial charge on any atom is -0.331 e. The standard InChI is InChI=1S/C15H28N4/c1-11(2)9-18-7-5-6-13(16)15(18)14-8-17-10-19(14)12(3)4/h8,10-13,15H,5-7,9,16H2,1-4H3. The molecule has 1 fully saturated rings. The monoisotopic (exact) mass is 264 g/mol. The van der Waals surface area contributed by atoms with Gasteiger partial charge in [0, 0.05) is 24.8 Å². The van der Waals surface area contributed by atoms with Crippen molar-refractivity contribution in [1.82, 2.24) is 14.5 Å². The first-order valence-electron chi connectivity index (χ1n) is 7.52. The smallest absolute Gasteiger partial charge is 0.0951 e. The summed E-state index contributed by atoms with van der Waals surface area (Å²) in [7, 11) is 0. The highest BCUT2D eigenvalue weighted by Crippen LogP contribution is 2.31. The second-order valence-corrected chi connectivity index (χ2v) is 6.46. The largest absolute Gasteiger partial charge is 0.331 e. The molecule has 1 aliphatic heterocycles. The highest BCUT2D eigenvalue weighted by Gasteiger charge is 2.32. The summed E-state index contributed by atoms with van der Waals surface area (Å²) in [5.74, 6) is 0.670. The first kappa shape index (κ1) is 14.5. The number of hydrogen-bond acceptors (Lipinski definition) is 3. The van der Waals surface area contributed by atoms with Gasteiger partial charge in [0.05, 0.1) is 18.1 Å². The van der Waals surface area contributed by atoms with Crippen LogP contribution in [0.15, 0.2) is 12.5 Å². The number of nitrogens with zero attached hydrogens (tertiary/aromatic N) is 3. The van der Waals surface area contributed by atoms with Gasteiger partial charge in [-0.2, -0.15) is 0 Å². The summed E-state index contributed by atoms with van der Waals surface area (Å²) in [4.78, 5) is 6.90. The van der Waals surface area contributed by atoms with E-state index in [2.05, 4.69) is 42.1 Å². The topological polar surface area (TPSA) is 47.1 Å². The maximum absolute atomic E-state index is 6.42. The van der Waals surface area contributed by atoms with E-state index >= 15 is 0 Å². The van der Waals surface area contributed by atoms with Crippen LogP contribution in [0.1, 0.15) is 58.3 Å². The summed E-state index contributed by atoms with van der Waals surface area (Å²) in [6.45, 7) is 11.2. The fourth-order valence-corrected chi connectivity index (χ4v) is 3.15. The molecule has 4 heteroatoms. The van der Waals surface area contributed by atoms with Crippen molar-refractivity contribution < 1.29 is 0 Å². The second kappa shape index (κ2) is 6.06. The molecule has 1 aliphatic rings. The van der Waals surface area contributed by atoms with Gasteiger partial charge < -0.3 is 10.3 Å². The van der Waals surface area contributed by atoms with Crippen LogP contribution < -0.4 is 5.73 Å². The van der Waals surface area contributed by atoms with E-state index in [0.29, 0.717) is 18.0 Å². The number of likely N-dealkylation sites (tertiary alicyclic amines) is 1. The number of piperidine rings is 1. The highest BCUT2D eigenvalue weighted by molar-refractivity contribution is 5.11. The third-order valence-electron chi connectivity index (χ3n) is 3.94. The summed E-state index contributed by atoms with van der Waals surface area (Å²) in [6, 6.07) is 0.982. The van der Waals surface area contributed by atoms with Gasteiger partial charge in [0.1, 0.15) is 0 Å². The molecule has 2 rings (SSSR count). The second-order valence-electron chi connectivity index (χ2n) is 6.46. The Kier molecular flexibility index (Phi) is 4.63. The van der Waals surface area contributed by atoms with Crippen LogP contribution >= 0.6 is 0 Å². The van der Waals surface area contributed by atoms with Crippen LogP contribution in [-0.4, -0.2) is 33.6 Å². The van der Waals surface area contributed by atoms with E-state index in [1.807, 2.05) is 12.5 Å². The van der Waals surface area contributed by atoms with Crippen LogP contribution in [0.3, 0.4) is 0 Å². The fraction of sp³-hybridized carbons (Fsp3) is 0.800. The zero-order chi connectivity index (χ0) is 14.0. The molecule has 0 aromatic carbocycles. The highest BCUT2D eigenvalue weighted by atomic mass is 15.2. The first-order chi connectivity index (χ1) is 9.00. The third kappa shape index (κ3) is 3.18. The first-order valence-corrected chi connectivity index (χ1v) is 7.52. The van der Waals surface area contributed by atoms with Crippen molar-refractivity contribution in [2.75, 3.05) is 13.1 Å². The number of rotatable bonds is 4. The van der Waals surface area contributed by atoms with Gasteiger partial charge in [0.25, 0.3) is 0 Å². The summed E-state index contributed by atoms with van der Waals surface area (Å²) in [6.07, 6.45) is 6.26. The Hall–Kier alpha value is -0.870. The minimum absolute atomic E-state index is 0.224. The molecule has 0 spiro atoms. The Morgan fingerprint density at radius 3 is 2.74 bits per heavy atom. The summed E-state index contributed by atoms with van der Waals surface area (Å²) in [5.41, 5.74) is 7.70. The lowest BCUT2D eigenvalue weighted by atomic mass is 9.93. The molecule has 0 amide bonds. The van der Waals surface area contributed by atoms with Crippen molar-refractivity contribution in [2.24, 2.45) is 11.7 Å². The molecular weight excluding hydrogens is 236 g/mol. The summed E-state index contributed by atoms with van der Waals surface area (Å²) < 4.78 is 2.27. The van der Waals surface area contributed by atoms with Gasteiger partial charge in [-0.05, 0) is 39.2 Å². The van der Waals surface area contributed by atoms with Gasteiger partial charge in [-0.1, -0.05) is 13.8 Å². The van der Waals surface area contributed by atoms with E-state index < -0.39 is 0 Å². The summed E-state index contributed by atoms with van der Waals surface area (Å²) in [5, 5.41) is 0. The average Bonchev–Trinajstić information content (AvgIpc) is 2.77. The number of hydrogen-bond donors (Lipinski definition) is 1. The molecule has 2 atom stereocenters. The Bertz CT molecular complexity index is 397. The van der Waals surface area contributed by atoms with Gasteiger partial charge in [-0.25, -0.2) is 4.98 Å². The fourth-order valence-electron chi connectivity index (χ4n) is 3.15. The predicted octanol–water partition coefficient (Wildman–Crippen LogP) is 2.58. The van der Waals surface area contributed by atoms with Crippen LogP contribution in [0, 0.1) is 5.92 Å². The Morgan fingerprint density at radius 2 is 2.11 bits per heavy atom. The Labute approximate surface area is 117 Å². The molecule has 0 radical (unpaired) electrons. The van der Waals surface area contributed by atoms with Gasteiger partial charge in [0.15, 0.2) is 0 Å². The predicted molar refractivity (Wildman–Crippen MR) is 79.0 cm³/mol. The Morgan fingerprint density at radius 1 is 1.37 bits per heavy atom. The quantitative estimate of drug-likeness (QED) is 0.909. The van der Waals surface area contributed by atoms with Gasteiger partial charge in [0.2, 0.25) is 0 Å². The minimum atomic E-state index is 0.224. The van der Waals surface area contributed by atoms with Crippen molar-refractivity contribution in [2.45, 2.75) is 58.7 Å². The molecule has 0 aliphatic carbocycles. The molecule has 2 unspecified atom stereocenters. The van der Waals surface area contributed by atoms with E-state index in [9.17, 15) is 0 Å². The van der Waals surface area contributed by atoms with Crippen LogP contribution in [0.25, 0.3) is 0 Å². The molecule has 1 aromatic rings. The molecule has 1 saturated heterocycles. The molecule has 1 aromatic heterocycles. The average molecular weight is 264 g/mol. The van der Waals surface area contributed by atoms with E-state index in [4.69, 9.17) is 5.73 Å². The van der Waals surface area contributed by atoms with E-state index in [-0.39, 0.29) is 6.04 Å². The van der Waals surface area contributed by atoms with Crippen LogP contribution in [0.5, 0.6) is 0 Å². The van der Waals surface area contributed by atoms with Crippen LogP contribution in [-0.2, 0) is 0 Å².